The molecule has 0 saturated heterocycles. The maximum absolute atomic E-state index is 5.81. The molecule has 1 aromatic heterocycles. The Balaban J connectivity index is 1.83. The summed E-state index contributed by atoms with van der Waals surface area (Å²) >= 11 is 7.52. The maximum Gasteiger partial charge on any atom is 0.112 e. The molecule has 2 heterocycles. The number of anilines is 1. The van der Waals surface area contributed by atoms with Crippen LogP contribution < -0.4 is 4.90 Å². The average Bonchev–Trinajstić information content (AvgIpc) is 2.86. The number of halogens is 1. The molecule has 19 heavy (non-hydrogen) atoms. The highest BCUT2D eigenvalue weighted by Crippen LogP contribution is 2.29. The average molecular weight is 293 g/mol. The predicted molar refractivity (Wildman–Crippen MR) is 82.2 cm³/mol. The molecule has 0 bridgehead atoms. The first-order chi connectivity index (χ1) is 9.26. The lowest BCUT2D eigenvalue weighted by Crippen LogP contribution is -2.28. The summed E-state index contributed by atoms with van der Waals surface area (Å²) in [5.41, 5.74) is 5.18. The highest BCUT2D eigenvalue weighted by Gasteiger charge is 2.18. The number of hydrogen-bond acceptors (Lipinski definition) is 3. The first kappa shape index (κ1) is 12.9. The SMILES string of the molecule is Cc1ccc2c(c1)CCCN2Cc1nc(CCl)cs1. The fourth-order valence-corrected chi connectivity index (χ4v) is 3.65. The summed E-state index contributed by atoms with van der Waals surface area (Å²) in [5.74, 6) is 0.506. The van der Waals surface area contributed by atoms with Crippen LogP contribution in [0.4, 0.5) is 5.69 Å². The predicted octanol–water partition coefficient (Wildman–Crippen LogP) is 4.14. The number of nitrogens with zero attached hydrogens (tertiary/aromatic N) is 2. The minimum Gasteiger partial charge on any atom is -0.365 e. The molecule has 0 saturated carbocycles. The highest BCUT2D eigenvalue weighted by atomic mass is 35.5. The summed E-state index contributed by atoms with van der Waals surface area (Å²) in [7, 11) is 0. The fraction of sp³-hybridized carbons (Fsp3) is 0.400. The zero-order chi connectivity index (χ0) is 13.2. The molecule has 0 unspecified atom stereocenters. The van der Waals surface area contributed by atoms with E-state index in [1.54, 1.807) is 11.3 Å². The van der Waals surface area contributed by atoms with E-state index in [-0.39, 0.29) is 0 Å². The van der Waals surface area contributed by atoms with Gasteiger partial charge in [0.1, 0.15) is 5.01 Å². The van der Waals surface area contributed by atoms with Gasteiger partial charge in [0.2, 0.25) is 0 Å². The Bertz CT molecular complexity index is 579. The smallest absolute Gasteiger partial charge is 0.112 e. The molecule has 100 valence electrons. The van der Waals surface area contributed by atoms with E-state index in [2.05, 4.69) is 40.4 Å². The normalized spacial score (nSPS) is 14.5. The number of fused-ring (bicyclic) bond motifs is 1. The summed E-state index contributed by atoms with van der Waals surface area (Å²) in [4.78, 5) is 7.00. The number of alkyl halides is 1. The molecule has 2 aromatic rings. The van der Waals surface area contributed by atoms with E-state index in [0.29, 0.717) is 5.88 Å². The lowest BCUT2D eigenvalue weighted by atomic mass is 10.00. The molecule has 0 N–H and O–H groups in total. The molecule has 0 aliphatic carbocycles. The van der Waals surface area contributed by atoms with Crippen molar-refractivity contribution in [1.82, 2.24) is 4.98 Å². The van der Waals surface area contributed by atoms with Gasteiger partial charge in [-0.25, -0.2) is 4.98 Å². The summed E-state index contributed by atoms with van der Waals surface area (Å²) < 4.78 is 0. The van der Waals surface area contributed by atoms with Gasteiger partial charge >= 0.3 is 0 Å². The molecular formula is C15H17ClN2S. The Morgan fingerprint density at radius 2 is 2.32 bits per heavy atom. The van der Waals surface area contributed by atoms with Crippen molar-refractivity contribution in [3.05, 3.63) is 45.4 Å². The number of hydrogen-bond donors (Lipinski definition) is 0. The number of aryl methyl sites for hydroxylation is 2. The van der Waals surface area contributed by atoms with Crippen LogP contribution in [0.3, 0.4) is 0 Å². The second-order valence-corrected chi connectivity index (χ2v) is 6.23. The Kier molecular flexibility index (Phi) is 3.76. The first-order valence-electron chi connectivity index (χ1n) is 6.60. The second-order valence-electron chi connectivity index (χ2n) is 5.02. The van der Waals surface area contributed by atoms with Crippen molar-refractivity contribution in [3.8, 4) is 0 Å². The van der Waals surface area contributed by atoms with E-state index < -0.39 is 0 Å². The Morgan fingerprint density at radius 1 is 1.42 bits per heavy atom. The molecule has 1 aliphatic rings. The topological polar surface area (TPSA) is 16.1 Å². The molecule has 0 fully saturated rings. The maximum atomic E-state index is 5.81. The van der Waals surface area contributed by atoms with Crippen LogP contribution in [0.15, 0.2) is 23.6 Å². The molecule has 3 rings (SSSR count). The van der Waals surface area contributed by atoms with Crippen LogP contribution in [0, 0.1) is 6.92 Å². The molecule has 0 radical (unpaired) electrons. The third-order valence-corrected chi connectivity index (χ3v) is 4.67. The van der Waals surface area contributed by atoms with Crippen molar-refractivity contribution in [2.75, 3.05) is 11.4 Å². The minimum atomic E-state index is 0.506. The van der Waals surface area contributed by atoms with Crippen molar-refractivity contribution in [2.24, 2.45) is 0 Å². The Labute approximate surface area is 123 Å². The van der Waals surface area contributed by atoms with Gasteiger partial charge < -0.3 is 4.90 Å². The van der Waals surface area contributed by atoms with E-state index in [1.165, 1.54) is 29.7 Å². The number of aromatic nitrogens is 1. The quantitative estimate of drug-likeness (QED) is 0.790. The third-order valence-electron chi connectivity index (χ3n) is 3.51. The van der Waals surface area contributed by atoms with Crippen LogP contribution in [0.5, 0.6) is 0 Å². The number of benzene rings is 1. The summed E-state index contributed by atoms with van der Waals surface area (Å²) in [6.07, 6.45) is 2.42. The first-order valence-corrected chi connectivity index (χ1v) is 8.01. The lowest BCUT2D eigenvalue weighted by Gasteiger charge is -2.30. The van der Waals surface area contributed by atoms with Gasteiger partial charge in [-0.3, -0.25) is 0 Å². The van der Waals surface area contributed by atoms with Crippen LogP contribution in [0.1, 0.15) is 28.2 Å². The van der Waals surface area contributed by atoms with Crippen molar-refractivity contribution in [3.63, 3.8) is 0 Å². The standard InChI is InChI=1S/C15H17ClN2S/c1-11-4-5-14-12(7-11)3-2-6-18(14)9-15-17-13(8-16)10-19-15/h4-5,7,10H,2-3,6,8-9H2,1H3. The van der Waals surface area contributed by atoms with E-state index in [9.17, 15) is 0 Å². The molecule has 2 nitrogen and oxygen atoms in total. The van der Waals surface area contributed by atoms with E-state index in [1.807, 2.05) is 0 Å². The van der Waals surface area contributed by atoms with Gasteiger partial charge in [-0.05, 0) is 31.4 Å². The molecule has 0 atom stereocenters. The van der Waals surface area contributed by atoms with Crippen LogP contribution in [-0.2, 0) is 18.8 Å². The molecule has 0 spiro atoms. The molecular weight excluding hydrogens is 276 g/mol. The van der Waals surface area contributed by atoms with Gasteiger partial charge in [0.15, 0.2) is 0 Å². The third kappa shape index (κ3) is 2.77. The summed E-state index contributed by atoms with van der Waals surface area (Å²) in [6, 6.07) is 6.76. The van der Waals surface area contributed by atoms with Gasteiger partial charge in [0.05, 0.1) is 18.1 Å². The lowest BCUT2D eigenvalue weighted by molar-refractivity contribution is 0.688. The van der Waals surface area contributed by atoms with Gasteiger partial charge in [-0.15, -0.1) is 22.9 Å². The zero-order valence-corrected chi connectivity index (χ0v) is 12.6. The largest absolute Gasteiger partial charge is 0.365 e. The Hall–Kier alpha value is -1.06. The molecule has 1 aromatic carbocycles. The van der Waals surface area contributed by atoms with Gasteiger partial charge in [0, 0.05) is 17.6 Å². The van der Waals surface area contributed by atoms with E-state index >= 15 is 0 Å². The fourth-order valence-electron chi connectivity index (χ4n) is 2.61. The van der Waals surface area contributed by atoms with Crippen LogP contribution >= 0.6 is 22.9 Å². The van der Waals surface area contributed by atoms with Crippen LogP contribution in [-0.4, -0.2) is 11.5 Å². The molecule has 0 amide bonds. The molecule has 4 heteroatoms. The second kappa shape index (κ2) is 5.51. The molecule has 1 aliphatic heterocycles. The van der Waals surface area contributed by atoms with Gasteiger partial charge in [-0.2, -0.15) is 0 Å². The monoisotopic (exact) mass is 292 g/mol. The summed E-state index contributed by atoms with van der Waals surface area (Å²) in [5, 5.41) is 3.21. The number of rotatable bonds is 3. The number of thiazole rings is 1. The van der Waals surface area contributed by atoms with Crippen molar-refractivity contribution in [1.29, 1.82) is 0 Å². The van der Waals surface area contributed by atoms with Crippen LogP contribution in [0.25, 0.3) is 0 Å². The highest BCUT2D eigenvalue weighted by molar-refractivity contribution is 7.09. The van der Waals surface area contributed by atoms with Crippen molar-refractivity contribution < 1.29 is 0 Å². The van der Waals surface area contributed by atoms with Crippen LogP contribution in [0.2, 0.25) is 0 Å². The zero-order valence-electron chi connectivity index (χ0n) is 11.0. The summed E-state index contributed by atoms with van der Waals surface area (Å²) in [6.45, 7) is 4.18. The Morgan fingerprint density at radius 3 is 3.11 bits per heavy atom. The van der Waals surface area contributed by atoms with Gasteiger partial charge in [-0.1, -0.05) is 17.7 Å². The van der Waals surface area contributed by atoms with E-state index in [0.717, 1.165) is 23.8 Å². The van der Waals surface area contributed by atoms with Crippen molar-refractivity contribution >= 4 is 28.6 Å². The minimum absolute atomic E-state index is 0.506. The van der Waals surface area contributed by atoms with E-state index in [4.69, 9.17) is 11.6 Å². The van der Waals surface area contributed by atoms with Gasteiger partial charge in [0.25, 0.3) is 0 Å². The van der Waals surface area contributed by atoms with Crippen molar-refractivity contribution in [2.45, 2.75) is 32.2 Å².